The maximum absolute atomic E-state index is 12.7. The molecular formula is C21H33N3O. The summed E-state index contributed by atoms with van der Waals surface area (Å²) >= 11 is 0. The van der Waals surface area contributed by atoms with Crippen LogP contribution in [-0.2, 0) is 11.3 Å². The molecule has 1 aromatic rings. The highest BCUT2D eigenvalue weighted by Crippen LogP contribution is 2.20. The lowest BCUT2D eigenvalue weighted by Gasteiger charge is -2.26. The SMILES string of the molecule is CC1CCN(C(=O)CCC2CCNCC2)CCN1Cc1ccccc1. The molecule has 0 spiro atoms. The Morgan fingerprint density at radius 2 is 1.84 bits per heavy atom. The summed E-state index contributed by atoms with van der Waals surface area (Å²) in [5.74, 6) is 1.11. The van der Waals surface area contributed by atoms with E-state index in [9.17, 15) is 4.79 Å². The Morgan fingerprint density at radius 3 is 2.60 bits per heavy atom. The molecule has 4 nitrogen and oxygen atoms in total. The van der Waals surface area contributed by atoms with E-state index >= 15 is 0 Å². The number of benzene rings is 1. The van der Waals surface area contributed by atoms with Crippen molar-refractivity contribution in [2.24, 2.45) is 5.92 Å². The molecule has 2 aliphatic rings. The number of nitrogens with zero attached hydrogens (tertiary/aromatic N) is 2. The molecule has 1 amide bonds. The van der Waals surface area contributed by atoms with Crippen LogP contribution in [-0.4, -0.2) is 54.5 Å². The van der Waals surface area contributed by atoms with E-state index in [1.54, 1.807) is 0 Å². The minimum Gasteiger partial charge on any atom is -0.341 e. The highest BCUT2D eigenvalue weighted by molar-refractivity contribution is 5.76. The first kappa shape index (κ1) is 18.4. The molecule has 0 bridgehead atoms. The number of hydrogen-bond donors (Lipinski definition) is 1. The van der Waals surface area contributed by atoms with Crippen molar-refractivity contribution in [2.75, 3.05) is 32.7 Å². The predicted octanol–water partition coefficient (Wildman–Crippen LogP) is 2.89. The minimum atomic E-state index is 0.368. The number of nitrogens with one attached hydrogen (secondary N) is 1. The summed E-state index contributed by atoms with van der Waals surface area (Å²) in [6.45, 7) is 8.29. The Bertz CT molecular complexity index is 527. The summed E-state index contributed by atoms with van der Waals surface area (Å²) in [4.78, 5) is 17.3. The maximum atomic E-state index is 12.7. The van der Waals surface area contributed by atoms with Crippen LogP contribution in [0.15, 0.2) is 30.3 Å². The van der Waals surface area contributed by atoms with Gasteiger partial charge in [0.2, 0.25) is 5.91 Å². The van der Waals surface area contributed by atoms with Crippen molar-refractivity contribution >= 4 is 5.91 Å². The zero-order chi connectivity index (χ0) is 17.5. The van der Waals surface area contributed by atoms with Crippen molar-refractivity contribution in [1.29, 1.82) is 0 Å². The van der Waals surface area contributed by atoms with E-state index in [1.807, 2.05) is 0 Å². The molecule has 0 radical (unpaired) electrons. The summed E-state index contributed by atoms with van der Waals surface area (Å²) < 4.78 is 0. The Balaban J connectivity index is 1.47. The van der Waals surface area contributed by atoms with Gasteiger partial charge in [-0.15, -0.1) is 0 Å². The van der Waals surface area contributed by atoms with Gasteiger partial charge in [0.25, 0.3) is 0 Å². The van der Waals surface area contributed by atoms with Gasteiger partial charge in [0.1, 0.15) is 0 Å². The molecule has 25 heavy (non-hydrogen) atoms. The maximum Gasteiger partial charge on any atom is 0.222 e. The second-order valence-corrected chi connectivity index (χ2v) is 7.71. The fraction of sp³-hybridized carbons (Fsp3) is 0.667. The largest absolute Gasteiger partial charge is 0.341 e. The Morgan fingerprint density at radius 1 is 1.08 bits per heavy atom. The third-order valence-electron chi connectivity index (χ3n) is 5.90. The molecule has 0 aliphatic carbocycles. The number of hydrogen-bond acceptors (Lipinski definition) is 3. The van der Waals surface area contributed by atoms with Crippen molar-refractivity contribution in [2.45, 2.75) is 51.6 Å². The first-order valence-electron chi connectivity index (χ1n) is 9.99. The van der Waals surface area contributed by atoms with Crippen molar-refractivity contribution in [3.05, 3.63) is 35.9 Å². The quantitative estimate of drug-likeness (QED) is 0.893. The van der Waals surface area contributed by atoms with Crippen molar-refractivity contribution in [3.8, 4) is 0 Å². The normalized spacial score (nSPS) is 23.4. The molecule has 2 heterocycles. The Hall–Kier alpha value is -1.39. The van der Waals surface area contributed by atoms with Crippen molar-refractivity contribution in [3.63, 3.8) is 0 Å². The van der Waals surface area contributed by atoms with E-state index in [4.69, 9.17) is 0 Å². The number of carbonyl (C=O) groups excluding carboxylic acids is 1. The Kier molecular flexibility index (Phi) is 6.88. The number of rotatable bonds is 5. The fourth-order valence-corrected chi connectivity index (χ4v) is 4.06. The fourth-order valence-electron chi connectivity index (χ4n) is 4.06. The van der Waals surface area contributed by atoms with E-state index in [1.165, 1.54) is 18.4 Å². The van der Waals surface area contributed by atoms with Gasteiger partial charge in [-0.25, -0.2) is 0 Å². The van der Waals surface area contributed by atoms with Crippen LogP contribution in [0, 0.1) is 5.92 Å². The lowest BCUT2D eigenvalue weighted by atomic mass is 9.93. The molecular weight excluding hydrogens is 310 g/mol. The number of piperidine rings is 1. The van der Waals surface area contributed by atoms with Gasteiger partial charge in [0.05, 0.1) is 0 Å². The molecule has 2 aliphatic heterocycles. The van der Waals surface area contributed by atoms with E-state index in [0.717, 1.165) is 64.4 Å². The van der Waals surface area contributed by atoms with Crippen molar-refractivity contribution in [1.82, 2.24) is 15.1 Å². The molecule has 2 fully saturated rings. The second kappa shape index (κ2) is 9.35. The molecule has 1 unspecified atom stereocenters. The molecule has 138 valence electrons. The van der Waals surface area contributed by atoms with Gasteiger partial charge in [0, 0.05) is 38.6 Å². The number of amides is 1. The lowest BCUT2D eigenvalue weighted by Crippen LogP contribution is -2.36. The molecule has 0 aromatic heterocycles. The molecule has 1 N–H and O–H groups in total. The first-order valence-corrected chi connectivity index (χ1v) is 9.99. The van der Waals surface area contributed by atoms with E-state index in [-0.39, 0.29) is 0 Å². The van der Waals surface area contributed by atoms with Crippen LogP contribution in [0.2, 0.25) is 0 Å². The molecule has 1 atom stereocenters. The van der Waals surface area contributed by atoms with Gasteiger partial charge in [-0.05, 0) is 57.2 Å². The van der Waals surface area contributed by atoms with Gasteiger partial charge < -0.3 is 10.2 Å². The van der Waals surface area contributed by atoms with Crippen LogP contribution >= 0.6 is 0 Å². The van der Waals surface area contributed by atoms with Crippen molar-refractivity contribution < 1.29 is 4.79 Å². The standard InChI is InChI=1S/C21H33N3O/c1-18-11-14-23(21(25)8-7-19-9-12-22-13-10-19)15-16-24(18)17-20-5-3-2-4-6-20/h2-6,18-19,22H,7-17H2,1H3. The van der Waals surface area contributed by atoms with Gasteiger partial charge in [-0.2, -0.15) is 0 Å². The van der Waals surface area contributed by atoms with E-state index in [2.05, 4.69) is 52.4 Å². The second-order valence-electron chi connectivity index (χ2n) is 7.71. The van der Waals surface area contributed by atoms with Crippen LogP contribution in [0.25, 0.3) is 0 Å². The Labute approximate surface area is 152 Å². The average molecular weight is 344 g/mol. The highest BCUT2D eigenvalue weighted by atomic mass is 16.2. The summed E-state index contributed by atoms with van der Waals surface area (Å²) in [6.07, 6.45) is 5.34. The van der Waals surface area contributed by atoms with Crippen LogP contribution in [0.1, 0.15) is 44.6 Å². The predicted molar refractivity (Wildman–Crippen MR) is 102 cm³/mol. The molecule has 1 aromatic carbocycles. The van der Waals surface area contributed by atoms with Gasteiger partial charge in [-0.1, -0.05) is 30.3 Å². The third-order valence-corrected chi connectivity index (χ3v) is 5.90. The minimum absolute atomic E-state index is 0.368. The molecule has 2 saturated heterocycles. The number of carbonyl (C=O) groups is 1. The molecule has 0 saturated carbocycles. The van der Waals surface area contributed by atoms with Crippen LogP contribution in [0.3, 0.4) is 0 Å². The summed E-state index contributed by atoms with van der Waals surface area (Å²) in [5, 5.41) is 3.40. The van der Waals surface area contributed by atoms with Gasteiger partial charge in [0.15, 0.2) is 0 Å². The molecule has 3 rings (SSSR count). The first-order chi connectivity index (χ1) is 12.2. The summed E-state index contributed by atoms with van der Waals surface area (Å²) in [5.41, 5.74) is 1.36. The van der Waals surface area contributed by atoms with E-state index in [0.29, 0.717) is 11.9 Å². The zero-order valence-corrected chi connectivity index (χ0v) is 15.6. The third kappa shape index (κ3) is 5.55. The van der Waals surface area contributed by atoms with Gasteiger partial charge >= 0.3 is 0 Å². The van der Waals surface area contributed by atoms with Crippen LogP contribution < -0.4 is 5.32 Å². The monoisotopic (exact) mass is 343 g/mol. The van der Waals surface area contributed by atoms with Crippen LogP contribution in [0.5, 0.6) is 0 Å². The summed E-state index contributed by atoms with van der Waals surface area (Å²) in [7, 11) is 0. The molecule has 4 heteroatoms. The van der Waals surface area contributed by atoms with Crippen LogP contribution in [0.4, 0.5) is 0 Å². The average Bonchev–Trinajstić information content (AvgIpc) is 2.84. The topological polar surface area (TPSA) is 35.6 Å². The zero-order valence-electron chi connectivity index (χ0n) is 15.6. The lowest BCUT2D eigenvalue weighted by molar-refractivity contribution is -0.131. The van der Waals surface area contributed by atoms with E-state index < -0.39 is 0 Å². The smallest absolute Gasteiger partial charge is 0.222 e. The highest BCUT2D eigenvalue weighted by Gasteiger charge is 2.24. The summed E-state index contributed by atoms with van der Waals surface area (Å²) in [6, 6.07) is 11.2. The van der Waals surface area contributed by atoms with Gasteiger partial charge in [-0.3, -0.25) is 9.69 Å².